The second-order valence-electron chi connectivity index (χ2n) is 8.41. The molecule has 2 N–H and O–H groups in total. The molecule has 0 unspecified atom stereocenters. The molecule has 0 aromatic carbocycles. The molecule has 0 atom stereocenters. The van der Waals surface area contributed by atoms with Crippen LogP contribution in [0.15, 0.2) is 30.6 Å². The number of rotatable bonds is 5. The van der Waals surface area contributed by atoms with Crippen molar-refractivity contribution in [1.82, 2.24) is 29.7 Å². The van der Waals surface area contributed by atoms with Gasteiger partial charge >= 0.3 is 0 Å². The Balaban J connectivity index is 1.26. The fourth-order valence-corrected chi connectivity index (χ4v) is 5.14. The number of H-pyrrole nitrogens is 1. The minimum Gasteiger partial charge on any atom is -0.353 e. The van der Waals surface area contributed by atoms with Crippen LogP contribution in [0.1, 0.15) is 36.2 Å². The summed E-state index contributed by atoms with van der Waals surface area (Å²) in [4.78, 5) is 31.2. The number of hydrogen-bond donors (Lipinski definition) is 2. The number of likely N-dealkylation sites (tertiary alicyclic amines) is 1. The summed E-state index contributed by atoms with van der Waals surface area (Å²) in [5.74, 6) is -0.290. The maximum atomic E-state index is 12.8. The van der Waals surface area contributed by atoms with Crippen molar-refractivity contribution in [3.05, 3.63) is 36.3 Å². The van der Waals surface area contributed by atoms with Gasteiger partial charge < -0.3 is 10.2 Å². The molecule has 2 aromatic rings. The van der Waals surface area contributed by atoms with Gasteiger partial charge in [-0.3, -0.25) is 19.7 Å². The van der Waals surface area contributed by atoms with Gasteiger partial charge in [0.1, 0.15) is 0 Å². The van der Waals surface area contributed by atoms with Gasteiger partial charge in [-0.15, -0.1) is 0 Å². The standard InChI is InChI=1S/C21H28N6O4S/c1-32(30,31)27-12-6-17(7-13-27)23-20(28)16-4-10-26(11-5-16)21(29)19-14-18(24-25-19)15-2-8-22-9-3-15/h2-3,8-9,14,16-17H,4-7,10-13H2,1H3,(H,23,28)(H,24,25). The van der Waals surface area contributed by atoms with Gasteiger partial charge in [-0.2, -0.15) is 5.10 Å². The molecule has 2 aromatic heterocycles. The number of sulfonamides is 1. The van der Waals surface area contributed by atoms with Crippen LogP contribution in [0.2, 0.25) is 0 Å². The molecular weight excluding hydrogens is 432 g/mol. The van der Waals surface area contributed by atoms with Gasteiger partial charge in [0.2, 0.25) is 15.9 Å². The molecule has 172 valence electrons. The highest BCUT2D eigenvalue weighted by molar-refractivity contribution is 7.88. The van der Waals surface area contributed by atoms with Crippen molar-refractivity contribution in [3.63, 3.8) is 0 Å². The highest BCUT2D eigenvalue weighted by Crippen LogP contribution is 2.22. The van der Waals surface area contributed by atoms with Gasteiger partial charge in [0.25, 0.3) is 5.91 Å². The van der Waals surface area contributed by atoms with E-state index in [0.29, 0.717) is 57.6 Å². The number of nitrogens with zero attached hydrogens (tertiary/aromatic N) is 4. The summed E-state index contributed by atoms with van der Waals surface area (Å²) in [6.45, 7) is 1.87. The zero-order valence-corrected chi connectivity index (χ0v) is 18.8. The number of nitrogens with one attached hydrogen (secondary N) is 2. The van der Waals surface area contributed by atoms with Crippen molar-refractivity contribution >= 4 is 21.8 Å². The van der Waals surface area contributed by atoms with Crippen LogP contribution >= 0.6 is 0 Å². The number of aromatic amines is 1. The van der Waals surface area contributed by atoms with Gasteiger partial charge in [-0.05, 0) is 43.9 Å². The van der Waals surface area contributed by atoms with Crippen LogP contribution < -0.4 is 5.32 Å². The summed E-state index contributed by atoms with van der Waals surface area (Å²) in [5, 5.41) is 10.1. The Morgan fingerprint density at radius 2 is 1.72 bits per heavy atom. The van der Waals surface area contributed by atoms with Gasteiger partial charge in [0.15, 0.2) is 5.69 Å². The first kappa shape index (κ1) is 22.4. The summed E-state index contributed by atoms with van der Waals surface area (Å²) >= 11 is 0. The smallest absolute Gasteiger partial charge is 0.274 e. The summed E-state index contributed by atoms with van der Waals surface area (Å²) in [5.41, 5.74) is 2.02. The van der Waals surface area contributed by atoms with Crippen molar-refractivity contribution < 1.29 is 18.0 Å². The van der Waals surface area contributed by atoms with Gasteiger partial charge in [0, 0.05) is 56.1 Å². The van der Waals surface area contributed by atoms with Crippen LogP contribution in [-0.2, 0) is 14.8 Å². The maximum absolute atomic E-state index is 12.8. The third-order valence-corrected chi connectivity index (χ3v) is 7.51. The lowest BCUT2D eigenvalue weighted by Gasteiger charge is -2.34. The molecule has 2 amide bonds. The predicted molar refractivity (Wildman–Crippen MR) is 118 cm³/mol. The summed E-state index contributed by atoms with van der Waals surface area (Å²) in [6.07, 6.45) is 7.02. The Bertz CT molecular complexity index is 1050. The molecule has 0 radical (unpaired) electrons. The first-order valence-electron chi connectivity index (χ1n) is 10.8. The van der Waals surface area contributed by atoms with Crippen LogP contribution in [0.5, 0.6) is 0 Å². The zero-order chi connectivity index (χ0) is 22.7. The number of carbonyl (C=O) groups is 2. The zero-order valence-electron chi connectivity index (χ0n) is 18.0. The fourth-order valence-electron chi connectivity index (χ4n) is 4.27. The lowest BCUT2D eigenvalue weighted by atomic mass is 9.94. The van der Waals surface area contributed by atoms with E-state index >= 15 is 0 Å². The summed E-state index contributed by atoms with van der Waals surface area (Å²) in [6, 6.07) is 5.42. The van der Waals surface area contributed by atoms with Crippen LogP contribution in [0, 0.1) is 5.92 Å². The Labute approximate surface area is 187 Å². The number of piperidine rings is 2. The first-order valence-corrected chi connectivity index (χ1v) is 12.7. The Kier molecular flexibility index (Phi) is 6.56. The second kappa shape index (κ2) is 9.37. The second-order valence-corrected chi connectivity index (χ2v) is 10.4. The van der Waals surface area contributed by atoms with E-state index in [1.54, 1.807) is 23.4 Å². The van der Waals surface area contributed by atoms with E-state index in [2.05, 4.69) is 20.5 Å². The SMILES string of the molecule is CS(=O)(=O)N1CCC(NC(=O)C2CCN(C(=O)c3cc(-c4ccncc4)[nH]n3)CC2)CC1. The molecule has 10 nitrogen and oxygen atoms in total. The molecule has 0 bridgehead atoms. The molecule has 0 aliphatic carbocycles. The van der Waals surface area contributed by atoms with Gasteiger partial charge in [0.05, 0.1) is 11.9 Å². The average Bonchev–Trinajstić information content (AvgIpc) is 3.29. The fraction of sp³-hybridized carbons (Fsp3) is 0.524. The quantitative estimate of drug-likeness (QED) is 0.681. The molecular formula is C21H28N6O4S. The van der Waals surface area contributed by atoms with Crippen LogP contribution in [0.4, 0.5) is 0 Å². The molecule has 11 heteroatoms. The van der Waals surface area contributed by atoms with Crippen molar-refractivity contribution in [3.8, 4) is 11.3 Å². The number of pyridine rings is 1. The summed E-state index contributed by atoms with van der Waals surface area (Å²) < 4.78 is 24.7. The van der Waals surface area contributed by atoms with Crippen molar-refractivity contribution in [2.45, 2.75) is 31.7 Å². The van der Waals surface area contributed by atoms with E-state index in [9.17, 15) is 18.0 Å². The number of hydrogen-bond acceptors (Lipinski definition) is 6. The molecule has 0 spiro atoms. The third kappa shape index (κ3) is 5.16. The van der Waals surface area contributed by atoms with E-state index in [0.717, 1.165) is 11.3 Å². The molecule has 2 fully saturated rings. The van der Waals surface area contributed by atoms with E-state index in [1.807, 2.05) is 12.1 Å². The number of carbonyl (C=O) groups excluding carboxylic acids is 2. The molecule has 32 heavy (non-hydrogen) atoms. The summed E-state index contributed by atoms with van der Waals surface area (Å²) in [7, 11) is -3.18. The lowest BCUT2D eigenvalue weighted by Crippen LogP contribution is -2.49. The van der Waals surface area contributed by atoms with E-state index in [1.165, 1.54) is 10.6 Å². The highest BCUT2D eigenvalue weighted by atomic mass is 32.2. The predicted octanol–water partition coefficient (Wildman–Crippen LogP) is 0.864. The van der Waals surface area contributed by atoms with Crippen molar-refractivity contribution in [1.29, 1.82) is 0 Å². The minimum atomic E-state index is -3.18. The number of amides is 2. The van der Waals surface area contributed by atoms with Crippen molar-refractivity contribution in [2.75, 3.05) is 32.4 Å². The number of aromatic nitrogens is 3. The molecule has 2 aliphatic heterocycles. The highest BCUT2D eigenvalue weighted by Gasteiger charge is 2.31. The topological polar surface area (TPSA) is 128 Å². The normalized spacial score (nSPS) is 19.1. The van der Waals surface area contributed by atoms with Crippen LogP contribution in [0.3, 0.4) is 0 Å². The third-order valence-electron chi connectivity index (χ3n) is 6.21. The Morgan fingerprint density at radius 1 is 1.06 bits per heavy atom. The van der Waals surface area contributed by atoms with Crippen LogP contribution in [0.25, 0.3) is 11.3 Å². The van der Waals surface area contributed by atoms with Crippen molar-refractivity contribution in [2.24, 2.45) is 5.92 Å². The van der Waals surface area contributed by atoms with E-state index < -0.39 is 10.0 Å². The lowest BCUT2D eigenvalue weighted by molar-refractivity contribution is -0.127. The Hall–Kier alpha value is -2.79. The van der Waals surface area contributed by atoms with Gasteiger partial charge in [-0.25, -0.2) is 12.7 Å². The minimum absolute atomic E-state index is 0.00387. The van der Waals surface area contributed by atoms with E-state index in [4.69, 9.17) is 0 Å². The molecule has 2 saturated heterocycles. The monoisotopic (exact) mass is 460 g/mol. The average molecular weight is 461 g/mol. The van der Waals surface area contributed by atoms with Crippen LogP contribution in [-0.4, -0.2) is 83.1 Å². The Morgan fingerprint density at radius 3 is 2.34 bits per heavy atom. The molecule has 2 aliphatic rings. The molecule has 4 rings (SSSR count). The first-order chi connectivity index (χ1) is 15.3. The van der Waals surface area contributed by atoms with Gasteiger partial charge in [-0.1, -0.05) is 0 Å². The maximum Gasteiger partial charge on any atom is 0.274 e. The van der Waals surface area contributed by atoms with E-state index in [-0.39, 0.29) is 23.8 Å². The molecule has 4 heterocycles. The largest absolute Gasteiger partial charge is 0.353 e. The molecule has 0 saturated carbocycles.